The van der Waals surface area contributed by atoms with Gasteiger partial charge in [-0.05, 0) is 26.3 Å². The van der Waals surface area contributed by atoms with Crippen LogP contribution in [0.3, 0.4) is 0 Å². The summed E-state index contributed by atoms with van der Waals surface area (Å²) in [7, 11) is 3.97. The maximum Gasteiger partial charge on any atom is 0.177 e. The summed E-state index contributed by atoms with van der Waals surface area (Å²) in [6, 6.07) is 0. The van der Waals surface area contributed by atoms with E-state index in [2.05, 4.69) is 4.98 Å². The van der Waals surface area contributed by atoms with Gasteiger partial charge >= 0.3 is 0 Å². The molecule has 0 aliphatic carbocycles. The SMILES string of the molecule is CN(C)CCn1c(C=O)c[nH]c1=S. The Morgan fingerprint density at radius 2 is 2.38 bits per heavy atom. The van der Waals surface area contributed by atoms with Crippen LogP contribution in [0.15, 0.2) is 6.20 Å². The number of carbonyl (C=O) groups is 1. The zero-order chi connectivity index (χ0) is 9.84. The quantitative estimate of drug-likeness (QED) is 0.579. The molecule has 0 fully saturated rings. The molecular weight excluding hydrogens is 186 g/mol. The van der Waals surface area contributed by atoms with Gasteiger partial charge < -0.3 is 14.5 Å². The molecule has 0 unspecified atom stereocenters. The molecule has 0 amide bonds. The van der Waals surface area contributed by atoms with Crippen molar-refractivity contribution < 1.29 is 4.79 Å². The number of hydrogen-bond donors (Lipinski definition) is 1. The molecule has 1 heterocycles. The first-order valence-electron chi connectivity index (χ1n) is 4.03. The summed E-state index contributed by atoms with van der Waals surface area (Å²) in [5, 5.41) is 0. The zero-order valence-electron chi connectivity index (χ0n) is 7.78. The molecule has 1 rings (SSSR count). The van der Waals surface area contributed by atoms with Crippen molar-refractivity contribution in [2.24, 2.45) is 0 Å². The zero-order valence-corrected chi connectivity index (χ0v) is 8.60. The van der Waals surface area contributed by atoms with Gasteiger partial charge in [0.25, 0.3) is 0 Å². The second-order valence-electron chi connectivity index (χ2n) is 3.09. The Hall–Kier alpha value is -0.940. The van der Waals surface area contributed by atoms with Crippen LogP contribution in [0.4, 0.5) is 0 Å². The van der Waals surface area contributed by atoms with E-state index < -0.39 is 0 Å². The monoisotopic (exact) mass is 199 g/mol. The number of likely N-dealkylation sites (N-methyl/N-ethyl adjacent to an activating group) is 1. The summed E-state index contributed by atoms with van der Waals surface area (Å²) in [5.74, 6) is 0. The Kier molecular flexibility index (Phi) is 3.39. The first-order valence-corrected chi connectivity index (χ1v) is 4.44. The van der Waals surface area contributed by atoms with Crippen molar-refractivity contribution in [3.63, 3.8) is 0 Å². The van der Waals surface area contributed by atoms with E-state index in [9.17, 15) is 4.79 Å². The van der Waals surface area contributed by atoms with Crippen LogP contribution in [0, 0.1) is 4.77 Å². The summed E-state index contributed by atoms with van der Waals surface area (Å²) in [6.45, 7) is 1.61. The second-order valence-corrected chi connectivity index (χ2v) is 3.48. The molecule has 0 bridgehead atoms. The Labute approximate surface area is 82.2 Å². The number of nitrogens with one attached hydrogen (secondary N) is 1. The topological polar surface area (TPSA) is 41.0 Å². The van der Waals surface area contributed by atoms with Crippen LogP contribution < -0.4 is 0 Å². The van der Waals surface area contributed by atoms with Gasteiger partial charge in [-0.1, -0.05) is 0 Å². The van der Waals surface area contributed by atoms with Gasteiger partial charge in [-0.25, -0.2) is 0 Å². The van der Waals surface area contributed by atoms with Crippen LogP contribution in [0.1, 0.15) is 10.5 Å². The Morgan fingerprint density at radius 3 is 2.92 bits per heavy atom. The lowest BCUT2D eigenvalue weighted by atomic mass is 10.5. The van der Waals surface area contributed by atoms with E-state index in [0.29, 0.717) is 10.5 Å². The second kappa shape index (κ2) is 4.34. The molecular formula is C8H13N3OS. The van der Waals surface area contributed by atoms with E-state index in [1.54, 1.807) is 10.8 Å². The molecule has 0 aromatic carbocycles. The van der Waals surface area contributed by atoms with Crippen LogP contribution in [0.2, 0.25) is 0 Å². The lowest BCUT2D eigenvalue weighted by molar-refractivity contribution is 0.111. The first-order chi connectivity index (χ1) is 6.15. The number of hydrogen-bond acceptors (Lipinski definition) is 3. The van der Waals surface area contributed by atoms with E-state index in [1.165, 1.54) is 0 Å². The van der Waals surface area contributed by atoms with Crippen LogP contribution in [-0.4, -0.2) is 41.4 Å². The highest BCUT2D eigenvalue weighted by Crippen LogP contribution is 1.98. The molecule has 0 spiro atoms. The summed E-state index contributed by atoms with van der Waals surface area (Å²) in [5.41, 5.74) is 0.604. The summed E-state index contributed by atoms with van der Waals surface area (Å²) < 4.78 is 2.39. The Bertz CT molecular complexity index is 339. The fraction of sp³-hybridized carbons (Fsp3) is 0.500. The van der Waals surface area contributed by atoms with E-state index in [4.69, 9.17) is 12.2 Å². The molecule has 1 aromatic rings. The standard InChI is InChI=1S/C8H13N3OS/c1-10(2)3-4-11-7(6-12)5-9-8(11)13/h5-6H,3-4H2,1-2H3,(H,9,13). The number of imidazole rings is 1. The first kappa shape index (κ1) is 10.1. The third-order valence-electron chi connectivity index (χ3n) is 1.79. The molecule has 4 nitrogen and oxygen atoms in total. The lowest BCUT2D eigenvalue weighted by Crippen LogP contribution is -2.19. The molecule has 13 heavy (non-hydrogen) atoms. The molecule has 0 saturated carbocycles. The van der Waals surface area contributed by atoms with Gasteiger partial charge in [-0.2, -0.15) is 0 Å². The molecule has 0 aliphatic heterocycles. The van der Waals surface area contributed by atoms with Crippen molar-refractivity contribution >= 4 is 18.5 Å². The van der Waals surface area contributed by atoms with Crippen molar-refractivity contribution in [1.82, 2.24) is 14.5 Å². The molecule has 0 atom stereocenters. The molecule has 0 aliphatic rings. The third kappa shape index (κ3) is 2.50. The molecule has 1 aromatic heterocycles. The smallest absolute Gasteiger partial charge is 0.177 e. The van der Waals surface area contributed by atoms with Crippen LogP contribution >= 0.6 is 12.2 Å². The molecule has 72 valence electrons. The normalized spacial score (nSPS) is 10.7. The van der Waals surface area contributed by atoms with E-state index in [-0.39, 0.29) is 0 Å². The van der Waals surface area contributed by atoms with Crippen LogP contribution in [0.25, 0.3) is 0 Å². The van der Waals surface area contributed by atoms with Gasteiger partial charge in [0.15, 0.2) is 11.1 Å². The average molecular weight is 199 g/mol. The van der Waals surface area contributed by atoms with Gasteiger partial charge in [0.1, 0.15) is 0 Å². The van der Waals surface area contributed by atoms with E-state index >= 15 is 0 Å². The predicted octanol–water partition coefficient (Wildman–Crippen LogP) is 0.920. The minimum atomic E-state index is 0.601. The molecule has 0 radical (unpaired) electrons. The average Bonchev–Trinajstić information content (AvgIpc) is 2.43. The van der Waals surface area contributed by atoms with Crippen LogP contribution in [0.5, 0.6) is 0 Å². The van der Waals surface area contributed by atoms with Crippen molar-refractivity contribution in [2.45, 2.75) is 6.54 Å². The molecule has 5 heteroatoms. The van der Waals surface area contributed by atoms with Gasteiger partial charge in [0.05, 0.1) is 5.69 Å². The number of carbonyl (C=O) groups excluding carboxylic acids is 1. The highest BCUT2D eigenvalue weighted by Gasteiger charge is 2.02. The van der Waals surface area contributed by atoms with E-state index in [0.717, 1.165) is 19.4 Å². The minimum absolute atomic E-state index is 0.601. The van der Waals surface area contributed by atoms with E-state index in [1.807, 2.05) is 19.0 Å². The van der Waals surface area contributed by atoms with Gasteiger partial charge in [0.2, 0.25) is 0 Å². The fourth-order valence-corrected chi connectivity index (χ4v) is 1.29. The number of aromatic nitrogens is 2. The van der Waals surface area contributed by atoms with Crippen molar-refractivity contribution in [2.75, 3.05) is 20.6 Å². The summed E-state index contributed by atoms with van der Waals surface area (Å²) >= 11 is 5.02. The highest BCUT2D eigenvalue weighted by atomic mass is 32.1. The minimum Gasteiger partial charge on any atom is -0.337 e. The molecule has 0 saturated heterocycles. The van der Waals surface area contributed by atoms with Gasteiger partial charge in [-0.3, -0.25) is 4.79 Å². The maximum absolute atomic E-state index is 10.6. The maximum atomic E-state index is 10.6. The Balaban J connectivity index is 2.79. The Morgan fingerprint density at radius 1 is 1.69 bits per heavy atom. The number of nitrogens with zero attached hydrogens (tertiary/aromatic N) is 2. The van der Waals surface area contributed by atoms with Crippen LogP contribution in [-0.2, 0) is 6.54 Å². The number of H-pyrrole nitrogens is 1. The van der Waals surface area contributed by atoms with Crippen molar-refractivity contribution in [3.8, 4) is 0 Å². The van der Waals surface area contributed by atoms with Gasteiger partial charge in [-0.15, -0.1) is 0 Å². The van der Waals surface area contributed by atoms with Gasteiger partial charge in [0, 0.05) is 19.3 Å². The number of aldehydes is 1. The largest absolute Gasteiger partial charge is 0.337 e. The summed E-state index contributed by atoms with van der Waals surface area (Å²) in [6.07, 6.45) is 2.44. The summed E-state index contributed by atoms with van der Waals surface area (Å²) in [4.78, 5) is 15.5. The highest BCUT2D eigenvalue weighted by molar-refractivity contribution is 7.71. The lowest BCUT2D eigenvalue weighted by Gasteiger charge is -2.10. The van der Waals surface area contributed by atoms with Crippen molar-refractivity contribution in [3.05, 3.63) is 16.7 Å². The van der Waals surface area contributed by atoms with Crippen molar-refractivity contribution in [1.29, 1.82) is 0 Å². The molecule has 1 N–H and O–H groups in total. The number of aromatic amines is 1. The predicted molar refractivity (Wildman–Crippen MR) is 53.6 cm³/mol. The fourth-order valence-electron chi connectivity index (χ4n) is 1.04. The third-order valence-corrected chi connectivity index (χ3v) is 2.13. The number of rotatable bonds is 4.